The van der Waals surface area contributed by atoms with Gasteiger partial charge < -0.3 is 15.5 Å². The second-order valence-corrected chi connectivity index (χ2v) is 5.59. The third-order valence-corrected chi connectivity index (χ3v) is 4.07. The maximum Gasteiger partial charge on any atom is 0.332 e. The predicted molar refractivity (Wildman–Crippen MR) is 76.0 cm³/mol. The van der Waals surface area contributed by atoms with E-state index < -0.39 is 12.1 Å². The quantitative estimate of drug-likeness (QED) is 0.749. The van der Waals surface area contributed by atoms with Crippen molar-refractivity contribution < 1.29 is 19.8 Å². The normalized spacial score (nSPS) is 12.1. The molecule has 0 saturated heterocycles. The second-order valence-electron chi connectivity index (χ2n) is 3.95. The maximum atomic E-state index is 11.8. The standard InChI is InChI=1S/C12H12N2O4S2/c15-9(12(17)18)1-3-13-10(16)8-6-20-11(14-8)7-2-4-19-5-7/h2,4-6,9,15H,1,3H2,(H,13,16)(H,17,18). The van der Waals surface area contributed by atoms with Crippen molar-refractivity contribution in [3.05, 3.63) is 27.9 Å². The molecule has 0 radical (unpaired) electrons. The summed E-state index contributed by atoms with van der Waals surface area (Å²) >= 11 is 2.93. The highest BCUT2D eigenvalue weighted by Crippen LogP contribution is 2.25. The molecule has 0 aliphatic heterocycles. The summed E-state index contributed by atoms with van der Waals surface area (Å²) in [5, 5.41) is 26.4. The fourth-order valence-electron chi connectivity index (χ4n) is 1.43. The van der Waals surface area contributed by atoms with Crippen LogP contribution in [-0.4, -0.2) is 39.7 Å². The number of amides is 1. The third kappa shape index (κ3) is 3.62. The molecule has 2 heterocycles. The first-order valence-electron chi connectivity index (χ1n) is 5.75. The highest BCUT2D eigenvalue weighted by atomic mass is 32.1. The van der Waals surface area contributed by atoms with Crippen LogP contribution in [-0.2, 0) is 4.79 Å². The fraction of sp³-hybridized carbons (Fsp3) is 0.250. The lowest BCUT2D eigenvalue weighted by molar-refractivity contribution is -0.146. The minimum Gasteiger partial charge on any atom is -0.479 e. The van der Waals surface area contributed by atoms with Crippen LogP contribution in [0.3, 0.4) is 0 Å². The summed E-state index contributed by atoms with van der Waals surface area (Å²) in [7, 11) is 0. The SMILES string of the molecule is O=C(NCCC(O)C(=O)O)c1csc(-c2ccsc2)n1. The Labute approximate surface area is 122 Å². The van der Waals surface area contributed by atoms with Gasteiger partial charge in [-0.15, -0.1) is 11.3 Å². The molecule has 2 aromatic heterocycles. The van der Waals surface area contributed by atoms with Crippen molar-refractivity contribution in [3.8, 4) is 10.6 Å². The minimum absolute atomic E-state index is 0.0391. The Morgan fingerprint density at radius 3 is 2.85 bits per heavy atom. The van der Waals surface area contributed by atoms with Crippen molar-refractivity contribution in [3.63, 3.8) is 0 Å². The number of carbonyl (C=O) groups excluding carboxylic acids is 1. The average molecular weight is 312 g/mol. The monoisotopic (exact) mass is 312 g/mol. The maximum absolute atomic E-state index is 11.8. The Bertz CT molecular complexity index is 594. The van der Waals surface area contributed by atoms with Crippen LogP contribution in [0.1, 0.15) is 16.9 Å². The highest BCUT2D eigenvalue weighted by Gasteiger charge is 2.15. The molecule has 2 aromatic rings. The van der Waals surface area contributed by atoms with Crippen LogP contribution < -0.4 is 5.32 Å². The molecule has 20 heavy (non-hydrogen) atoms. The number of nitrogens with zero attached hydrogens (tertiary/aromatic N) is 1. The first-order chi connectivity index (χ1) is 9.58. The molecule has 1 unspecified atom stereocenters. The first kappa shape index (κ1) is 14.6. The number of aliphatic hydroxyl groups is 1. The van der Waals surface area contributed by atoms with Crippen molar-refractivity contribution in [2.75, 3.05) is 6.54 Å². The Balaban J connectivity index is 1.89. The summed E-state index contributed by atoms with van der Waals surface area (Å²) < 4.78 is 0. The number of carboxylic acids is 1. The van der Waals surface area contributed by atoms with Gasteiger partial charge in [0.05, 0.1) is 0 Å². The van der Waals surface area contributed by atoms with Crippen LogP contribution in [0.4, 0.5) is 0 Å². The Morgan fingerprint density at radius 2 is 2.20 bits per heavy atom. The summed E-state index contributed by atoms with van der Waals surface area (Å²) in [6.07, 6.45) is -1.50. The van der Waals surface area contributed by atoms with Gasteiger partial charge in [-0.25, -0.2) is 9.78 Å². The van der Waals surface area contributed by atoms with Crippen LogP contribution in [0.2, 0.25) is 0 Å². The second kappa shape index (κ2) is 6.60. The number of rotatable bonds is 6. The van der Waals surface area contributed by atoms with E-state index in [2.05, 4.69) is 10.3 Å². The molecular formula is C12H12N2O4S2. The minimum atomic E-state index is -1.47. The number of thiazole rings is 1. The molecule has 2 rings (SSSR count). The van der Waals surface area contributed by atoms with E-state index in [4.69, 9.17) is 10.2 Å². The lowest BCUT2D eigenvalue weighted by Crippen LogP contribution is -2.30. The number of aromatic nitrogens is 1. The van der Waals surface area contributed by atoms with Gasteiger partial charge in [-0.1, -0.05) is 0 Å². The average Bonchev–Trinajstić information content (AvgIpc) is 3.08. The molecule has 0 bridgehead atoms. The lowest BCUT2D eigenvalue weighted by atomic mass is 10.2. The Morgan fingerprint density at radius 1 is 1.40 bits per heavy atom. The molecule has 0 fully saturated rings. The number of hydrogen-bond acceptors (Lipinski definition) is 6. The van der Waals surface area contributed by atoms with Gasteiger partial charge in [-0.05, 0) is 11.4 Å². The van der Waals surface area contributed by atoms with Crippen LogP contribution in [0.15, 0.2) is 22.2 Å². The molecule has 0 aliphatic carbocycles. The van der Waals surface area contributed by atoms with Crippen LogP contribution in [0.5, 0.6) is 0 Å². The molecule has 106 valence electrons. The first-order valence-corrected chi connectivity index (χ1v) is 7.57. The molecule has 8 heteroatoms. The fourth-order valence-corrected chi connectivity index (χ4v) is 2.95. The van der Waals surface area contributed by atoms with E-state index in [-0.39, 0.29) is 18.9 Å². The van der Waals surface area contributed by atoms with Crippen molar-refractivity contribution in [1.29, 1.82) is 0 Å². The number of nitrogens with one attached hydrogen (secondary N) is 1. The van der Waals surface area contributed by atoms with Crippen molar-refractivity contribution in [2.24, 2.45) is 0 Å². The van der Waals surface area contributed by atoms with Crippen molar-refractivity contribution >= 4 is 34.6 Å². The molecule has 0 spiro atoms. The van der Waals surface area contributed by atoms with Crippen LogP contribution in [0, 0.1) is 0 Å². The van der Waals surface area contributed by atoms with E-state index in [9.17, 15) is 9.59 Å². The van der Waals surface area contributed by atoms with Crippen LogP contribution >= 0.6 is 22.7 Å². The molecule has 0 saturated carbocycles. The molecule has 1 atom stereocenters. The molecule has 0 aliphatic rings. The summed E-state index contributed by atoms with van der Waals surface area (Å²) in [4.78, 5) is 26.4. The molecule has 0 aromatic carbocycles. The summed E-state index contributed by atoms with van der Waals surface area (Å²) in [5.74, 6) is -1.67. The number of aliphatic carboxylic acids is 1. The topological polar surface area (TPSA) is 99.5 Å². The number of carbonyl (C=O) groups is 2. The van der Waals surface area contributed by atoms with Gasteiger partial charge in [-0.3, -0.25) is 4.79 Å². The number of aliphatic hydroxyl groups excluding tert-OH is 1. The van der Waals surface area contributed by atoms with Gasteiger partial charge in [0.25, 0.3) is 5.91 Å². The Kier molecular flexibility index (Phi) is 4.83. The summed E-state index contributed by atoms with van der Waals surface area (Å²) in [6, 6.07) is 1.93. The number of carboxylic acid groups (broad SMARTS) is 1. The van der Waals surface area contributed by atoms with E-state index in [1.807, 2.05) is 16.8 Å². The third-order valence-electron chi connectivity index (χ3n) is 2.49. The van der Waals surface area contributed by atoms with Gasteiger partial charge in [0, 0.05) is 29.3 Å². The summed E-state index contributed by atoms with van der Waals surface area (Å²) in [5.41, 5.74) is 1.27. The molecular weight excluding hydrogens is 300 g/mol. The van der Waals surface area contributed by atoms with Crippen molar-refractivity contribution in [2.45, 2.75) is 12.5 Å². The molecule has 1 amide bonds. The Hall–Kier alpha value is -1.77. The van der Waals surface area contributed by atoms with E-state index in [1.54, 1.807) is 16.7 Å². The van der Waals surface area contributed by atoms with Crippen molar-refractivity contribution in [1.82, 2.24) is 10.3 Å². The van der Waals surface area contributed by atoms with E-state index in [0.717, 1.165) is 10.6 Å². The van der Waals surface area contributed by atoms with Gasteiger partial charge >= 0.3 is 5.97 Å². The molecule has 6 nitrogen and oxygen atoms in total. The number of thiophene rings is 1. The zero-order valence-corrected chi connectivity index (χ0v) is 11.9. The lowest BCUT2D eigenvalue weighted by Gasteiger charge is -2.05. The zero-order chi connectivity index (χ0) is 14.5. The predicted octanol–water partition coefficient (Wildman–Crippen LogP) is 1.44. The van der Waals surface area contributed by atoms with Gasteiger partial charge in [0.2, 0.25) is 0 Å². The van der Waals surface area contributed by atoms with E-state index >= 15 is 0 Å². The van der Waals surface area contributed by atoms with Crippen LogP contribution in [0.25, 0.3) is 10.6 Å². The largest absolute Gasteiger partial charge is 0.479 e. The van der Waals surface area contributed by atoms with E-state index in [1.165, 1.54) is 11.3 Å². The molecule has 3 N–H and O–H groups in total. The van der Waals surface area contributed by atoms with E-state index in [0.29, 0.717) is 5.69 Å². The van der Waals surface area contributed by atoms with Gasteiger partial charge in [-0.2, -0.15) is 11.3 Å². The van der Waals surface area contributed by atoms with Gasteiger partial charge in [0.15, 0.2) is 6.10 Å². The smallest absolute Gasteiger partial charge is 0.332 e. The summed E-state index contributed by atoms with van der Waals surface area (Å²) in [6.45, 7) is 0.0810. The van der Waals surface area contributed by atoms with Gasteiger partial charge in [0.1, 0.15) is 10.7 Å². The number of hydrogen-bond donors (Lipinski definition) is 3. The zero-order valence-electron chi connectivity index (χ0n) is 10.3. The highest BCUT2D eigenvalue weighted by molar-refractivity contribution is 7.14.